The summed E-state index contributed by atoms with van der Waals surface area (Å²) in [5, 5.41) is 9.76. The predicted molar refractivity (Wildman–Crippen MR) is 127 cm³/mol. The van der Waals surface area contributed by atoms with Crippen LogP contribution >= 0.6 is 22.7 Å². The van der Waals surface area contributed by atoms with Crippen molar-refractivity contribution in [1.82, 2.24) is 15.0 Å². The number of likely N-dealkylation sites (tertiary alicyclic amines) is 1. The van der Waals surface area contributed by atoms with Crippen molar-refractivity contribution in [3.63, 3.8) is 0 Å². The summed E-state index contributed by atoms with van der Waals surface area (Å²) < 4.78 is 10.4. The number of aryl methyl sites for hydroxylation is 1. The van der Waals surface area contributed by atoms with E-state index in [1.165, 1.54) is 23.3 Å². The third kappa shape index (κ3) is 4.73. The third-order valence-electron chi connectivity index (χ3n) is 6.32. The Morgan fingerprint density at radius 2 is 2.09 bits per heavy atom. The maximum Gasteiger partial charge on any atom is 0.341 e. The molecule has 1 aliphatic carbocycles. The van der Waals surface area contributed by atoms with Gasteiger partial charge in [-0.3, -0.25) is 9.69 Å². The summed E-state index contributed by atoms with van der Waals surface area (Å²) in [6, 6.07) is 3.93. The van der Waals surface area contributed by atoms with Gasteiger partial charge in [-0.15, -0.1) is 22.7 Å². The molecule has 1 saturated heterocycles. The number of ether oxygens (including phenoxy) is 1. The number of hydrogen-bond acceptors (Lipinski definition) is 9. The van der Waals surface area contributed by atoms with Crippen LogP contribution in [-0.2, 0) is 28.9 Å². The summed E-state index contributed by atoms with van der Waals surface area (Å²) in [4.78, 5) is 34.4. The fraction of sp³-hybridized carbons (Fsp3) is 0.478. The van der Waals surface area contributed by atoms with E-state index in [4.69, 9.17) is 9.26 Å². The van der Waals surface area contributed by atoms with Crippen molar-refractivity contribution in [1.29, 1.82) is 0 Å². The molecule has 3 aromatic heterocycles. The Morgan fingerprint density at radius 3 is 2.85 bits per heavy atom. The van der Waals surface area contributed by atoms with Crippen LogP contribution in [0.5, 0.6) is 0 Å². The zero-order valence-electron chi connectivity index (χ0n) is 18.5. The minimum atomic E-state index is -0.360. The summed E-state index contributed by atoms with van der Waals surface area (Å²) in [5.41, 5.74) is 1.62. The van der Waals surface area contributed by atoms with Gasteiger partial charge in [-0.1, -0.05) is 11.2 Å². The molecule has 1 aliphatic heterocycles. The highest BCUT2D eigenvalue weighted by Crippen LogP contribution is 2.39. The van der Waals surface area contributed by atoms with Gasteiger partial charge in [0.05, 0.1) is 24.1 Å². The van der Waals surface area contributed by atoms with Crippen LogP contribution in [-0.4, -0.2) is 47.1 Å². The van der Waals surface area contributed by atoms with Crippen molar-refractivity contribution in [3.05, 3.63) is 39.4 Å². The molecular formula is C23H26N4O4S2. The minimum absolute atomic E-state index is 0.0174. The van der Waals surface area contributed by atoms with Crippen LogP contribution in [0.3, 0.4) is 0 Å². The molecular weight excluding hydrogens is 460 g/mol. The average Bonchev–Trinajstić information content (AvgIpc) is 3.58. The number of thiophene rings is 2. The molecule has 4 heterocycles. The molecule has 0 radical (unpaired) electrons. The number of fused-ring (bicyclic) bond motifs is 1. The molecule has 1 N–H and O–H groups in total. The molecule has 0 aromatic carbocycles. The number of carbonyl (C=O) groups is 2. The first-order chi connectivity index (χ1) is 16.1. The quantitative estimate of drug-likeness (QED) is 0.517. The second-order valence-electron chi connectivity index (χ2n) is 8.44. The van der Waals surface area contributed by atoms with Gasteiger partial charge in [-0.25, -0.2) is 4.79 Å². The molecule has 10 heteroatoms. The van der Waals surface area contributed by atoms with E-state index in [-0.39, 0.29) is 17.8 Å². The van der Waals surface area contributed by atoms with Crippen LogP contribution in [0.1, 0.15) is 52.4 Å². The van der Waals surface area contributed by atoms with E-state index in [1.54, 1.807) is 11.3 Å². The highest BCUT2D eigenvalue weighted by Gasteiger charge is 2.30. The van der Waals surface area contributed by atoms with E-state index in [1.807, 2.05) is 17.5 Å². The Balaban J connectivity index is 1.18. The first-order valence-corrected chi connectivity index (χ1v) is 12.9. The van der Waals surface area contributed by atoms with Gasteiger partial charge in [0.2, 0.25) is 17.6 Å². The summed E-state index contributed by atoms with van der Waals surface area (Å²) in [6.07, 6.45) is 5.51. The van der Waals surface area contributed by atoms with Crippen molar-refractivity contribution in [2.24, 2.45) is 5.92 Å². The molecule has 174 valence electrons. The lowest BCUT2D eigenvalue weighted by Gasteiger charge is -2.30. The van der Waals surface area contributed by atoms with E-state index >= 15 is 0 Å². The molecule has 5 rings (SSSR count). The molecule has 0 spiro atoms. The second kappa shape index (κ2) is 9.74. The van der Waals surface area contributed by atoms with Gasteiger partial charge in [-0.05, 0) is 68.6 Å². The van der Waals surface area contributed by atoms with E-state index in [0.29, 0.717) is 28.8 Å². The molecule has 0 atom stereocenters. The van der Waals surface area contributed by atoms with Crippen LogP contribution in [0.4, 0.5) is 5.00 Å². The second-order valence-corrected chi connectivity index (χ2v) is 10.5. The summed E-state index contributed by atoms with van der Waals surface area (Å²) in [7, 11) is 1.39. The molecule has 8 nitrogen and oxygen atoms in total. The molecule has 33 heavy (non-hydrogen) atoms. The number of aromatic nitrogens is 2. The maximum absolute atomic E-state index is 13.0. The number of methoxy groups -OCH3 is 1. The highest BCUT2D eigenvalue weighted by atomic mass is 32.1. The number of nitrogens with one attached hydrogen (secondary N) is 1. The van der Waals surface area contributed by atoms with E-state index in [2.05, 4.69) is 20.4 Å². The summed E-state index contributed by atoms with van der Waals surface area (Å²) in [5.74, 6) is 0.745. The Morgan fingerprint density at radius 1 is 1.27 bits per heavy atom. The molecule has 0 unspecified atom stereocenters. The molecule has 0 bridgehead atoms. The Kier molecular flexibility index (Phi) is 6.57. The summed E-state index contributed by atoms with van der Waals surface area (Å²) >= 11 is 3.11. The lowest BCUT2D eigenvalue weighted by molar-refractivity contribution is -0.121. The van der Waals surface area contributed by atoms with Crippen molar-refractivity contribution in [2.75, 3.05) is 25.5 Å². The highest BCUT2D eigenvalue weighted by molar-refractivity contribution is 7.17. The fourth-order valence-corrected chi connectivity index (χ4v) is 6.48. The SMILES string of the molecule is COC(=O)c1c(NC(=O)C2CCN(Cc3nc(-c4cccs4)no3)CC2)sc2c1CCCC2. The molecule has 3 aromatic rings. The zero-order chi connectivity index (χ0) is 22.8. The third-order valence-corrected chi connectivity index (χ3v) is 8.40. The molecule has 0 saturated carbocycles. The van der Waals surface area contributed by atoms with E-state index < -0.39 is 0 Å². The van der Waals surface area contributed by atoms with Crippen molar-refractivity contribution < 1.29 is 18.8 Å². The van der Waals surface area contributed by atoms with E-state index in [9.17, 15) is 9.59 Å². The van der Waals surface area contributed by atoms with Crippen LogP contribution in [0.15, 0.2) is 22.0 Å². The molecule has 1 amide bonds. The first kappa shape index (κ1) is 22.2. The van der Waals surface area contributed by atoms with Gasteiger partial charge in [0.1, 0.15) is 5.00 Å². The van der Waals surface area contributed by atoms with E-state index in [0.717, 1.165) is 62.1 Å². The van der Waals surface area contributed by atoms with Gasteiger partial charge < -0.3 is 14.6 Å². The van der Waals surface area contributed by atoms with Crippen molar-refractivity contribution >= 4 is 39.6 Å². The number of esters is 1. The monoisotopic (exact) mass is 486 g/mol. The van der Waals surface area contributed by atoms with Gasteiger partial charge in [0.25, 0.3) is 0 Å². The maximum atomic E-state index is 13.0. The number of amides is 1. The lowest BCUT2D eigenvalue weighted by Crippen LogP contribution is -2.37. The number of piperidine rings is 1. The number of nitrogens with zero attached hydrogens (tertiary/aromatic N) is 3. The number of anilines is 1. The topological polar surface area (TPSA) is 97.6 Å². The average molecular weight is 487 g/mol. The van der Waals surface area contributed by atoms with Crippen molar-refractivity contribution in [2.45, 2.75) is 45.1 Å². The largest absolute Gasteiger partial charge is 0.465 e. The Bertz CT molecular complexity index is 1130. The molecule has 2 aliphatic rings. The van der Waals surface area contributed by atoms with Gasteiger partial charge in [0.15, 0.2) is 0 Å². The van der Waals surface area contributed by atoms with Crippen molar-refractivity contribution in [3.8, 4) is 10.7 Å². The van der Waals surface area contributed by atoms with Crippen LogP contribution < -0.4 is 5.32 Å². The standard InChI is InChI=1S/C23H26N4O4S2/c1-30-23(29)19-15-5-2-3-6-16(15)33-22(19)25-21(28)14-8-10-27(11-9-14)13-18-24-20(26-31-18)17-7-4-12-32-17/h4,7,12,14H,2-3,5-6,8-11,13H2,1H3,(H,25,28). The van der Waals surface area contributed by atoms with Gasteiger partial charge in [0, 0.05) is 10.8 Å². The van der Waals surface area contributed by atoms with Crippen LogP contribution in [0.25, 0.3) is 10.7 Å². The lowest BCUT2D eigenvalue weighted by atomic mass is 9.94. The smallest absolute Gasteiger partial charge is 0.341 e. The number of hydrogen-bond donors (Lipinski definition) is 1. The number of carbonyl (C=O) groups excluding carboxylic acids is 2. The van der Waals surface area contributed by atoms with Gasteiger partial charge >= 0.3 is 5.97 Å². The summed E-state index contributed by atoms with van der Waals surface area (Å²) in [6.45, 7) is 2.13. The number of rotatable bonds is 6. The van der Waals surface area contributed by atoms with Crippen LogP contribution in [0.2, 0.25) is 0 Å². The minimum Gasteiger partial charge on any atom is -0.465 e. The van der Waals surface area contributed by atoms with Gasteiger partial charge in [-0.2, -0.15) is 4.98 Å². The predicted octanol–water partition coefficient (Wildman–Crippen LogP) is 4.38. The normalized spacial score (nSPS) is 17.0. The first-order valence-electron chi connectivity index (χ1n) is 11.2. The Labute approximate surface area is 199 Å². The fourth-order valence-electron chi connectivity index (χ4n) is 4.56. The Hall–Kier alpha value is -2.56. The molecule has 1 fully saturated rings. The zero-order valence-corrected chi connectivity index (χ0v) is 20.1. The van der Waals surface area contributed by atoms with Crippen LogP contribution in [0, 0.1) is 5.92 Å².